The SMILES string of the molecule is CCC(CC)n1ccc(CN2CCNC(C(C)C)C2)n1. The molecule has 20 heavy (non-hydrogen) atoms. The highest BCUT2D eigenvalue weighted by Gasteiger charge is 2.22. The third-order valence-electron chi connectivity index (χ3n) is 4.46. The number of piperazine rings is 1. The van der Waals surface area contributed by atoms with Crippen molar-refractivity contribution in [3.8, 4) is 0 Å². The number of nitrogens with zero attached hydrogens (tertiary/aromatic N) is 3. The van der Waals surface area contributed by atoms with Gasteiger partial charge in [-0.3, -0.25) is 9.58 Å². The first-order valence-electron chi connectivity index (χ1n) is 8.13. The van der Waals surface area contributed by atoms with Crippen molar-refractivity contribution in [1.82, 2.24) is 20.0 Å². The predicted octanol–water partition coefficient (Wildman–Crippen LogP) is 2.67. The standard InChI is InChI=1S/C16H30N4/c1-5-15(6-2)20-9-7-14(18-20)11-19-10-8-17-16(12-19)13(3)4/h7,9,13,15-17H,5-6,8,10-12H2,1-4H3. The Morgan fingerprint density at radius 1 is 1.35 bits per heavy atom. The van der Waals surface area contributed by atoms with Crippen molar-refractivity contribution in [2.45, 2.75) is 59.2 Å². The van der Waals surface area contributed by atoms with Crippen molar-refractivity contribution in [3.05, 3.63) is 18.0 Å². The molecule has 114 valence electrons. The Hall–Kier alpha value is -0.870. The molecular formula is C16H30N4. The van der Waals surface area contributed by atoms with E-state index in [0.29, 0.717) is 18.0 Å². The van der Waals surface area contributed by atoms with Gasteiger partial charge in [0.05, 0.1) is 11.7 Å². The van der Waals surface area contributed by atoms with E-state index in [4.69, 9.17) is 5.10 Å². The third kappa shape index (κ3) is 3.83. The molecule has 1 saturated heterocycles. The van der Waals surface area contributed by atoms with E-state index in [1.54, 1.807) is 0 Å². The minimum atomic E-state index is 0.551. The predicted molar refractivity (Wildman–Crippen MR) is 83.8 cm³/mol. The highest BCUT2D eigenvalue weighted by molar-refractivity contribution is 5.00. The van der Waals surface area contributed by atoms with Crippen LogP contribution in [0.3, 0.4) is 0 Å². The molecule has 2 rings (SSSR count). The normalized spacial score (nSPS) is 21.0. The molecule has 1 aromatic rings. The van der Waals surface area contributed by atoms with Crippen molar-refractivity contribution in [2.24, 2.45) is 5.92 Å². The molecule has 0 radical (unpaired) electrons. The molecule has 0 amide bonds. The fourth-order valence-corrected chi connectivity index (χ4v) is 2.99. The summed E-state index contributed by atoms with van der Waals surface area (Å²) >= 11 is 0. The molecule has 1 atom stereocenters. The van der Waals surface area contributed by atoms with Gasteiger partial charge in [-0.25, -0.2) is 0 Å². The summed E-state index contributed by atoms with van der Waals surface area (Å²) in [6.45, 7) is 13.4. The number of nitrogens with one attached hydrogen (secondary N) is 1. The highest BCUT2D eigenvalue weighted by Crippen LogP contribution is 2.16. The van der Waals surface area contributed by atoms with Crippen LogP contribution in [0.1, 0.15) is 52.3 Å². The molecule has 0 saturated carbocycles. The molecule has 0 spiro atoms. The van der Waals surface area contributed by atoms with Crippen LogP contribution in [0, 0.1) is 5.92 Å². The quantitative estimate of drug-likeness (QED) is 0.868. The Balaban J connectivity index is 1.93. The van der Waals surface area contributed by atoms with Crippen molar-refractivity contribution in [3.63, 3.8) is 0 Å². The van der Waals surface area contributed by atoms with Gasteiger partial charge < -0.3 is 5.32 Å². The summed E-state index contributed by atoms with van der Waals surface area (Å²) in [6.07, 6.45) is 4.45. The summed E-state index contributed by atoms with van der Waals surface area (Å²) in [4.78, 5) is 2.53. The number of hydrogen-bond acceptors (Lipinski definition) is 3. The Morgan fingerprint density at radius 2 is 2.10 bits per heavy atom. The van der Waals surface area contributed by atoms with E-state index in [1.165, 1.54) is 5.69 Å². The Morgan fingerprint density at radius 3 is 2.75 bits per heavy atom. The van der Waals surface area contributed by atoms with Crippen LogP contribution in [-0.4, -0.2) is 40.4 Å². The summed E-state index contributed by atoms with van der Waals surface area (Å²) < 4.78 is 2.15. The minimum Gasteiger partial charge on any atom is -0.311 e. The number of rotatable bonds is 6. The summed E-state index contributed by atoms with van der Waals surface area (Å²) in [5.41, 5.74) is 1.21. The fraction of sp³-hybridized carbons (Fsp3) is 0.812. The van der Waals surface area contributed by atoms with Gasteiger partial charge in [-0.15, -0.1) is 0 Å². The smallest absolute Gasteiger partial charge is 0.0764 e. The third-order valence-corrected chi connectivity index (χ3v) is 4.46. The van der Waals surface area contributed by atoms with Gasteiger partial charge in [0.2, 0.25) is 0 Å². The van der Waals surface area contributed by atoms with Crippen molar-refractivity contribution in [2.75, 3.05) is 19.6 Å². The first kappa shape index (κ1) is 15.5. The average Bonchev–Trinajstić information content (AvgIpc) is 2.89. The van der Waals surface area contributed by atoms with Crippen LogP contribution in [0.2, 0.25) is 0 Å². The largest absolute Gasteiger partial charge is 0.311 e. The van der Waals surface area contributed by atoms with E-state index >= 15 is 0 Å². The molecule has 4 heteroatoms. The molecule has 1 N–H and O–H groups in total. The second kappa shape index (κ2) is 7.23. The maximum Gasteiger partial charge on any atom is 0.0764 e. The first-order valence-corrected chi connectivity index (χ1v) is 8.13. The fourth-order valence-electron chi connectivity index (χ4n) is 2.99. The van der Waals surface area contributed by atoms with Crippen LogP contribution >= 0.6 is 0 Å². The Labute approximate surface area is 123 Å². The van der Waals surface area contributed by atoms with Crippen molar-refractivity contribution in [1.29, 1.82) is 0 Å². The highest BCUT2D eigenvalue weighted by atomic mass is 15.3. The lowest BCUT2D eigenvalue weighted by Crippen LogP contribution is -2.52. The van der Waals surface area contributed by atoms with Gasteiger partial charge >= 0.3 is 0 Å². The molecule has 0 bridgehead atoms. The summed E-state index contributed by atoms with van der Waals surface area (Å²) in [5.74, 6) is 0.694. The van der Waals surface area contributed by atoms with Crippen molar-refractivity contribution < 1.29 is 0 Å². The van der Waals surface area contributed by atoms with E-state index in [9.17, 15) is 0 Å². The topological polar surface area (TPSA) is 33.1 Å². The minimum absolute atomic E-state index is 0.551. The molecule has 1 unspecified atom stereocenters. The lowest BCUT2D eigenvalue weighted by atomic mass is 10.0. The second-order valence-electron chi connectivity index (χ2n) is 6.30. The van der Waals surface area contributed by atoms with Crippen LogP contribution in [0.4, 0.5) is 0 Å². The lowest BCUT2D eigenvalue weighted by Gasteiger charge is -2.35. The summed E-state index contributed by atoms with van der Waals surface area (Å²) in [7, 11) is 0. The lowest BCUT2D eigenvalue weighted by molar-refractivity contribution is 0.166. The molecule has 1 aliphatic heterocycles. The zero-order valence-corrected chi connectivity index (χ0v) is 13.5. The molecule has 1 aromatic heterocycles. The van der Waals surface area contributed by atoms with Gasteiger partial charge in [0.25, 0.3) is 0 Å². The van der Waals surface area contributed by atoms with Crippen LogP contribution in [0.5, 0.6) is 0 Å². The van der Waals surface area contributed by atoms with Gasteiger partial charge in [0, 0.05) is 38.4 Å². The van der Waals surface area contributed by atoms with Crippen LogP contribution < -0.4 is 5.32 Å². The van der Waals surface area contributed by atoms with Gasteiger partial charge in [0.1, 0.15) is 0 Å². The van der Waals surface area contributed by atoms with Crippen LogP contribution in [0.25, 0.3) is 0 Å². The molecule has 1 fully saturated rings. The molecular weight excluding hydrogens is 248 g/mol. The van der Waals surface area contributed by atoms with Crippen molar-refractivity contribution >= 4 is 0 Å². The first-order chi connectivity index (χ1) is 9.63. The second-order valence-corrected chi connectivity index (χ2v) is 6.30. The van der Waals surface area contributed by atoms with Crippen LogP contribution in [-0.2, 0) is 6.54 Å². The van der Waals surface area contributed by atoms with Gasteiger partial charge in [0.15, 0.2) is 0 Å². The number of hydrogen-bond donors (Lipinski definition) is 1. The molecule has 2 heterocycles. The van der Waals surface area contributed by atoms with E-state index in [-0.39, 0.29) is 0 Å². The summed E-state index contributed by atoms with van der Waals surface area (Å²) in [5, 5.41) is 8.38. The number of aromatic nitrogens is 2. The van der Waals surface area contributed by atoms with Gasteiger partial charge in [-0.1, -0.05) is 27.7 Å². The monoisotopic (exact) mass is 278 g/mol. The van der Waals surface area contributed by atoms with Crippen LogP contribution in [0.15, 0.2) is 12.3 Å². The van der Waals surface area contributed by atoms with Gasteiger partial charge in [-0.05, 0) is 24.8 Å². The Bertz CT molecular complexity index is 395. The maximum absolute atomic E-state index is 4.77. The van der Waals surface area contributed by atoms with E-state index in [0.717, 1.165) is 39.0 Å². The van der Waals surface area contributed by atoms with E-state index in [1.807, 2.05) is 0 Å². The van der Waals surface area contributed by atoms with E-state index in [2.05, 4.69) is 54.9 Å². The van der Waals surface area contributed by atoms with E-state index < -0.39 is 0 Å². The Kier molecular flexibility index (Phi) is 5.61. The molecule has 0 aliphatic carbocycles. The molecule has 0 aromatic carbocycles. The molecule has 4 nitrogen and oxygen atoms in total. The summed E-state index contributed by atoms with van der Waals surface area (Å²) in [6, 6.07) is 3.35. The molecule has 1 aliphatic rings. The average molecular weight is 278 g/mol. The zero-order valence-electron chi connectivity index (χ0n) is 13.5. The maximum atomic E-state index is 4.77. The zero-order chi connectivity index (χ0) is 14.5. The van der Waals surface area contributed by atoms with Gasteiger partial charge in [-0.2, -0.15) is 5.10 Å².